The Morgan fingerprint density at radius 1 is 1.07 bits per heavy atom. The van der Waals surface area contributed by atoms with E-state index < -0.39 is 6.04 Å². The van der Waals surface area contributed by atoms with Gasteiger partial charge >= 0.3 is 0 Å². The van der Waals surface area contributed by atoms with Gasteiger partial charge in [0, 0.05) is 11.1 Å². The number of halogens is 1. The van der Waals surface area contributed by atoms with E-state index in [1.165, 1.54) is 23.5 Å². The molecule has 1 heterocycles. The van der Waals surface area contributed by atoms with Gasteiger partial charge in [0.2, 0.25) is 11.0 Å². The van der Waals surface area contributed by atoms with Crippen LogP contribution in [-0.2, 0) is 4.79 Å². The maximum Gasteiger partial charge on any atom is 0.251 e. The van der Waals surface area contributed by atoms with Gasteiger partial charge in [-0.2, -0.15) is 0 Å². The molecule has 2 unspecified atom stereocenters. The standard InChI is InChI=1S/C22H23FN4O2S/c1-4-14(3)18(24-19(28)15-7-5-13(2)6-8-15)20(29)25-22-27-26-21(30-22)16-9-11-17(23)12-10-16/h5-12,14,18H,4H2,1-3H3,(H,24,28)(H,25,27,29). The first-order valence-corrected chi connectivity index (χ1v) is 10.5. The Hall–Kier alpha value is -3.13. The van der Waals surface area contributed by atoms with E-state index in [1.807, 2.05) is 32.9 Å². The van der Waals surface area contributed by atoms with Crippen LogP contribution in [-0.4, -0.2) is 28.1 Å². The van der Waals surface area contributed by atoms with Crippen LogP contribution in [0, 0.1) is 18.7 Å². The molecule has 0 saturated heterocycles. The van der Waals surface area contributed by atoms with Crippen molar-refractivity contribution < 1.29 is 14.0 Å². The summed E-state index contributed by atoms with van der Waals surface area (Å²) in [4.78, 5) is 25.5. The maximum atomic E-state index is 13.1. The lowest BCUT2D eigenvalue weighted by Gasteiger charge is -2.23. The minimum atomic E-state index is -0.720. The summed E-state index contributed by atoms with van der Waals surface area (Å²) in [6.45, 7) is 5.81. The first-order valence-electron chi connectivity index (χ1n) is 9.65. The molecule has 3 rings (SSSR count). The second-order valence-corrected chi connectivity index (χ2v) is 8.09. The Bertz CT molecular complexity index is 1020. The van der Waals surface area contributed by atoms with Gasteiger partial charge in [0.25, 0.3) is 5.91 Å². The largest absolute Gasteiger partial charge is 0.340 e. The van der Waals surface area contributed by atoms with Crippen molar-refractivity contribution in [2.45, 2.75) is 33.2 Å². The van der Waals surface area contributed by atoms with E-state index in [0.29, 0.717) is 27.7 Å². The maximum absolute atomic E-state index is 13.1. The highest BCUT2D eigenvalue weighted by molar-refractivity contribution is 7.18. The van der Waals surface area contributed by atoms with Crippen LogP contribution in [0.3, 0.4) is 0 Å². The van der Waals surface area contributed by atoms with E-state index in [2.05, 4.69) is 20.8 Å². The number of hydrogen-bond donors (Lipinski definition) is 2. The van der Waals surface area contributed by atoms with Gasteiger partial charge in [-0.3, -0.25) is 14.9 Å². The average Bonchev–Trinajstić information content (AvgIpc) is 3.20. The van der Waals surface area contributed by atoms with Crippen LogP contribution < -0.4 is 10.6 Å². The van der Waals surface area contributed by atoms with E-state index >= 15 is 0 Å². The topological polar surface area (TPSA) is 84.0 Å². The molecule has 30 heavy (non-hydrogen) atoms. The number of aromatic nitrogens is 2. The summed E-state index contributed by atoms with van der Waals surface area (Å²) in [7, 11) is 0. The Morgan fingerprint density at radius 2 is 1.73 bits per heavy atom. The third-order valence-electron chi connectivity index (χ3n) is 4.84. The molecule has 0 saturated carbocycles. The molecule has 8 heteroatoms. The van der Waals surface area contributed by atoms with Gasteiger partial charge in [0.1, 0.15) is 16.9 Å². The Labute approximate surface area is 178 Å². The number of nitrogens with one attached hydrogen (secondary N) is 2. The second kappa shape index (κ2) is 9.58. The quantitative estimate of drug-likeness (QED) is 0.585. The van der Waals surface area contributed by atoms with Crippen LogP contribution in [0.5, 0.6) is 0 Å². The lowest BCUT2D eigenvalue weighted by molar-refractivity contribution is -0.119. The zero-order valence-corrected chi connectivity index (χ0v) is 17.8. The molecule has 0 spiro atoms. The van der Waals surface area contributed by atoms with E-state index in [0.717, 1.165) is 5.56 Å². The zero-order chi connectivity index (χ0) is 21.7. The van der Waals surface area contributed by atoms with Gasteiger partial charge in [-0.25, -0.2) is 4.39 Å². The molecule has 0 aliphatic heterocycles. The van der Waals surface area contributed by atoms with E-state index in [-0.39, 0.29) is 23.5 Å². The summed E-state index contributed by atoms with van der Waals surface area (Å²) in [6, 6.07) is 12.3. The van der Waals surface area contributed by atoms with Crippen LogP contribution in [0.25, 0.3) is 10.6 Å². The number of aryl methyl sites for hydroxylation is 1. The molecule has 0 bridgehead atoms. The molecule has 6 nitrogen and oxygen atoms in total. The molecular weight excluding hydrogens is 403 g/mol. The smallest absolute Gasteiger partial charge is 0.251 e. The molecule has 0 fully saturated rings. The molecule has 2 atom stereocenters. The number of rotatable bonds is 7. The number of benzene rings is 2. The lowest BCUT2D eigenvalue weighted by atomic mass is 9.98. The third-order valence-corrected chi connectivity index (χ3v) is 5.73. The summed E-state index contributed by atoms with van der Waals surface area (Å²) >= 11 is 1.18. The van der Waals surface area contributed by atoms with Gasteiger partial charge in [0.15, 0.2) is 0 Å². The molecule has 2 amide bonds. The Morgan fingerprint density at radius 3 is 2.37 bits per heavy atom. The van der Waals surface area contributed by atoms with Crippen LogP contribution in [0.15, 0.2) is 48.5 Å². The highest BCUT2D eigenvalue weighted by atomic mass is 32.1. The molecule has 1 aromatic heterocycles. The van der Waals surface area contributed by atoms with Gasteiger partial charge in [-0.1, -0.05) is 49.3 Å². The summed E-state index contributed by atoms with van der Waals surface area (Å²) in [5.41, 5.74) is 2.26. The average molecular weight is 427 g/mol. The van der Waals surface area contributed by atoms with Gasteiger partial charge in [-0.15, -0.1) is 10.2 Å². The van der Waals surface area contributed by atoms with Crippen molar-refractivity contribution in [1.29, 1.82) is 0 Å². The van der Waals surface area contributed by atoms with Gasteiger partial charge in [0.05, 0.1) is 0 Å². The van der Waals surface area contributed by atoms with Crippen molar-refractivity contribution in [2.75, 3.05) is 5.32 Å². The minimum Gasteiger partial charge on any atom is -0.340 e. The molecular formula is C22H23FN4O2S. The SMILES string of the molecule is CCC(C)C(NC(=O)c1ccc(C)cc1)C(=O)Nc1nnc(-c2ccc(F)cc2)s1. The normalized spacial score (nSPS) is 12.8. The summed E-state index contributed by atoms with van der Waals surface area (Å²) in [5, 5.41) is 14.5. The molecule has 2 N–H and O–H groups in total. The van der Waals surface area contributed by atoms with Crippen molar-refractivity contribution >= 4 is 28.3 Å². The van der Waals surface area contributed by atoms with Crippen LogP contribution >= 0.6 is 11.3 Å². The van der Waals surface area contributed by atoms with E-state index in [1.54, 1.807) is 24.3 Å². The molecule has 0 radical (unpaired) electrons. The molecule has 156 valence electrons. The fourth-order valence-electron chi connectivity index (χ4n) is 2.80. The highest BCUT2D eigenvalue weighted by Crippen LogP contribution is 2.26. The Kier molecular flexibility index (Phi) is 6.89. The number of amides is 2. The van der Waals surface area contributed by atoms with Crippen molar-refractivity contribution in [1.82, 2.24) is 15.5 Å². The first-order chi connectivity index (χ1) is 14.4. The van der Waals surface area contributed by atoms with Crippen LogP contribution in [0.4, 0.5) is 9.52 Å². The number of carbonyl (C=O) groups is 2. The molecule has 3 aromatic rings. The number of nitrogens with zero attached hydrogens (tertiary/aromatic N) is 2. The summed E-state index contributed by atoms with van der Waals surface area (Å²) < 4.78 is 13.1. The van der Waals surface area contributed by atoms with Crippen molar-refractivity contribution in [3.8, 4) is 10.6 Å². The van der Waals surface area contributed by atoms with Gasteiger partial charge in [-0.05, 0) is 49.2 Å². The minimum absolute atomic E-state index is 0.0797. The monoisotopic (exact) mass is 426 g/mol. The third kappa shape index (κ3) is 5.27. The van der Waals surface area contributed by atoms with Crippen LogP contribution in [0.2, 0.25) is 0 Å². The van der Waals surface area contributed by atoms with Gasteiger partial charge < -0.3 is 5.32 Å². The van der Waals surface area contributed by atoms with Crippen molar-refractivity contribution in [3.63, 3.8) is 0 Å². The predicted octanol–water partition coefficient (Wildman–Crippen LogP) is 4.44. The fraction of sp³-hybridized carbons (Fsp3) is 0.273. The molecule has 0 aliphatic carbocycles. The first kappa shape index (κ1) is 21.6. The predicted molar refractivity (Wildman–Crippen MR) is 116 cm³/mol. The molecule has 0 aliphatic rings. The zero-order valence-electron chi connectivity index (χ0n) is 17.0. The summed E-state index contributed by atoms with van der Waals surface area (Å²) in [6.07, 6.45) is 0.712. The molecule has 2 aromatic carbocycles. The number of anilines is 1. The summed E-state index contributed by atoms with van der Waals surface area (Å²) in [5.74, 6) is -1.08. The highest BCUT2D eigenvalue weighted by Gasteiger charge is 2.27. The van der Waals surface area contributed by atoms with Crippen molar-refractivity contribution in [3.05, 3.63) is 65.5 Å². The fourth-order valence-corrected chi connectivity index (χ4v) is 3.55. The van der Waals surface area contributed by atoms with E-state index in [9.17, 15) is 14.0 Å². The van der Waals surface area contributed by atoms with E-state index in [4.69, 9.17) is 0 Å². The lowest BCUT2D eigenvalue weighted by Crippen LogP contribution is -2.47. The Balaban J connectivity index is 1.72. The number of carbonyl (C=O) groups excluding carboxylic acids is 2. The van der Waals surface area contributed by atoms with Crippen LogP contribution in [0.1, 0.15) is 36.2 Å². The number of hydrogen-bond acceptors (Lipinski definition) is 5. The van der Waals surface area contributed by atoms with Crippen molar-refractivity contribution in [2.24, 2.45) is 5.92 Å². The second-order valence-electron chi connectivity index (χ2n) is 7.11.